The molecule has 2 aromatic rings. The zero-order valence-electron chi connectivity index (χ0n) is 14.6. The number of nitrogens with zero attached hydrogens (tertiary/aromatic N) is 1. The molecule has 2 aromatic carbocycles. The number of benzene rings is 2. The van der Waals surface area contributed by atoms with E-state index in [0.29, 0.717) is 0 Å². The van der Waals surface area contributed by atoms with Gasteiger partial charge in [-0.05, 0) is 24.1 Å². The molecule has 3 heteroatoms. The first-order valence-electron chi connectivity index (χ1n) is 8.80. The quantitative estimate of drug-likeness (QED) is 0.806. The molecule has 0 bridgehead atoms. The van der Waals surface area contributed by atoms with Crippen molar-refractivity contribution >= 4 is 0 Å². The molecule has 1 N–H and O–H groups in total. The number of rotatable bonds is 8. The Bertz CT molecular complexity index is 552. The average Bonchev–Trinajstić information content (AvgIpc) is 3.05. The van der Waals surface area contributed by atoms with Crippen molar-refractivity contribution in [2.24, 2.45) is 5.41 Å². The van der Waals surface area contributed by atoms with Gasteiger partial charge in [0, 0.05) is 38.7 Å². The van der Waals surface area contributed by atoms with Crippen LogP contribution in [0.4, 0.5) is 0 Å². The summed E-state index contributed by atoms with van der Waals surface area (Å²) in [6.45, 7) is 5.95. The predicted octanol–water partition coefficient (Wildman–Crippen LogP) is 3.31. The van der Waals surface area contributed by atoms with Crippen molar-refractivity contribution in [3.05, 3.63) is 71.8 Å². The Morgan fingerprint density at radius 1 is 0.958 bits per heavy atom. The third-order valence-corrected chi connectivity index (χ3v) is 4.84. The van der Waals surface area contributed by atoms with Crippen LogP contribution >= 0.6 is 0 Å². The van der Waals surface area contributed by atoms with Crippen molar-refractivity contribution in [2.75, 3.05) is 33.4 Å². The summed E-state index contributed by atoms with van der Waals surface area (Å²) in [5.74, 6) is 0. The Labute approximate surface area is 145 Å². The van der Waals surface area contributed by atoms with Gasteiger partial charge in [-0.25, -0.2) is 0 Å². The van der Waals surface area contributed by atoms with E-state index in [-0.39, 0.29) is 5.41 Å². The average molecular weight is 324 g/mol. The summed E-state index contributed by atoms with van der Waals surface area (Å²) in [5.41, 5.74) is 2.96. The van der Waals surface area contributed by atoms with Crippen molar-refractivity contribution in [3.63, 3.8) is 0 Å². The molecule has 1 aliphatic rings. The first-order chi connectivity index (χ1) is 11.8. The van der Waals surface area contributed by atoms with Crippen molar-refractivity contribution in [2.45, 2.75) is 19.5 Å². The Hall–Kier alpha value is -1.68. The van der Waals surface area contributed by atoms with E-state index in [9.17, 15) is 0 Å². The van der Waals surface area contributed by atoms with E-state index in [1.54, 1.807) is 0 Å². The molecule has 0 spiro atoms. The minimum Gasteiger partial charge on any atom is -0.384 e. The summed E-state index contributed by atoms with van der Waals surface area (Å²) in [7, 11) is 1.82. The van der Waals surface area contributed by atoms with E-state index in [1.807, 2.05) is 7.11 Å². The molecule has 1 aliphatic heterocycles. The maximum absolute atomic E-state index is 5.56. The molecule has 1 unspecified atom stereocenters. The van der Waals surface area contributed by atoms with Crippen LogP contribution in [-0.4, -0.2) is 38.3 Å². The molecule has 1 atom stereocenters. The maximum Gasteiger partial charge on any atom is 0.0543 e. The van der Waals surface area contributed by atoms with E-state index in [4.69, 9.17) is 4.74 Å². The van der Waals surface area contributed by atoms with Crippen LogP contribution in [0.25, 0.3) is 0 Å². The van der Waals surface area contributed by atoms with Gasteiger partial charge in [-0.15, -0.1) is 0 Å². The highest BCUT2D eigenvalue weighted by atomic mass is 16.5. The summed E-state index contributed by atoms with van der Waals surface area (Å²) < 4.78 is 5.56. The minimum atomic E-state index is 0.221. The summed E-state index contributed by atoms with van der Waals surface area (Å²) in [6.07, 6.45) is 1.18. The fourth-order valence-electron chi connectivity index (χ4n) is 3.73. The molecule has 0 saturated carbocycles. The third-order valence-electron chi connectivity index (χ3n) is 4.84. The number of methoxy groups -OCH3 is 1. The molecule has 24 heavy (non-hydrogen) atoms. The van der Waals surface area contributed by atoms with Crippen LogP contribution in [0.3, 0.4) is 0 Å². The Kier molecular flexibility index (Phi) is 6.02. The summed E-state index contributed by atoms with van der Waals surface area (Å²) in [4.78, 5) is 2.57. The monoisotopic (exact) mass is 324 g/mol. The van der Waals surface area contributed by atoms with Crippen LogP contribution in [-0.2, 0) is 17.8 Å². The van der Waals surface area contributed by atoms with Crippen LogP contribution in [0.1, 0.15) is 17.5 Å². The summed E-state index contributed by atoms with van der Waals surface area (Å²) >= 11 is 0. The maximum atomic E-state index is 5.56. The first-order valence-corrected chi connectivity index (χ1v) is 8.80. The van der Waals surface area contributed by atoms with Crippen LogP contribution in [0.15, 0.2) is 60.7 Å². The van der Waals surface area contributed by atoms with Gasteiger partial charge in [-0.3, -0.25) is 4.90 Å². The molecule has 1 heterocycles. The van der Waals surface area contributed by atoms with E-state index in [0.717, 1.165) is 39.3 Å². The molecule has 3 nitrogen and oxygen atoms in total. The first kappa shape index (κ1) is 17.2. The highest BCUT2D eigenvalue weighted by Crippen LogP contribution is 2.28. The summed E-state index contributed by atoms with van der Waals surface area (Å²) in [5, 5.41) is 3.52. The third kappa shape index (κ3) is 4.67. The van der Waals surface area contributed by atoms with Gasteiger partial charge in [0.15, 0.2) is 0 Å². The molecular weight excluding hydrogens is 296 g/mol. The lowest BCUT2D eigenvalue weighted by Crippen LogP contribution is -2.41. The predicted molar refractivity (Wildman–Crippen MR) is 98.8 cm³/mol. The van der Waals surface area contributed by atoms with Crippen molar-refractivity contribution in [1.29, 1.82) is 0 Å². The smallest absolute Gasteiger partial charge is 0.0543 e. The number of hydrogen-bond acceptors (Lipinski definition) is 3. The van der Waals surface area contributed by atoms with Gasteiger partial charge in [0.05, 0.1) is 6.61 Å². The second-order valence-electron chi connectivity index (χ2n) is 6.98. The lowest BCUT2D eigenvalue weighted by Gasteiger charge is -2.34. The zero-order valence-corrected chi connectivity index (χ0v) is 14.6. The zero-order chi connectivity index (χ0) is 16.7. The van der Waals surface area contributed by atoms with Crippen molar-refractivity contribution in [3.8, 4) is 0 Å². The van der Waals surface area contributed by atoms with Gasteiger partial charge in [-0.2, -0.15) is 0 Å². The Morgan fingerprint density at radius 2 is 1.54 bits per heavy atom. The largest absolute Gasteiger partial charge is 0.384 e. The lowest BCUT2D eigenvalue weighted by atomic mass is 9.87. The molecular formula is C21H28N2O. The molecule has 0 aliphatic carbocycles. The fourth-order valence-corrected chi connectivity index (χ4v) is 3.73. The molecule has 3 rings (SSSR count). The van der Waals surface area contributed by atoms with Crippen molar-refractivity contribution < 1.29 is 4.74 Å². The van der Waals surface area contributed by atoms with Crippen LogP contribution in [0.5, 0.6) is 0 Å². The van der Waals surface area contributed by atoms with Crippen LogP contribution in [0.2, 0.25) is 0 Å². The van der Waals surface area contributed by atoms with Gasteiger partial charge in [0.25, 0.3) is 0 Å². The molecule has 0 amide bonds. The van der Waals surface area contributed by atoms with E-state index in [2.05, 4.69) is 70.9 Å². The molecule has 0 aromatic heterocycles. The molecule has 1 saturated heterocycles. The van der Waals surface area contributed by atoms with Gasteiger partial charge in [0.2, 0.25) is 0 Å². The van der Waals surface area contributed by atoms with Crippen molar-refractivity contribution in [1.82, 2.24) is 10.2 Å². The minimum absolute atomic E-state index is 0.221. The van der Waals surface area contributed by atoms with Gasteiger partial charge < -0.3 is 10.1 Å². The van der Waals surface area contributed by atoms with Gasteiger partial charge in [-0.1, -0.05) is 60.7 Å². The number of hydrogen-bond donors (Lipinski definition) is 1. The number of nitrogens with one attached hydrogen (secondary N) is 1. The highest BCUT2D eigenvalue weighted by molar-refractivity contribution is 5.17. The summed E-state index contributed by atoms with van der Waals surface area (Å²) in [6, 6.07) is 21.5. The Morgan fingerprint density at radius 3 is 2.00 bits per heavy atom. The molecule has 0 radical (unpaired) electrons. The van der Waals surface area contributed by atoms with E-state index in [1.165, 1.54) is 17.5 Å². The Balaban J connectivity index is 1.75. The molecule has 128 valence electrons. The van der Waals surface area contributed by atoms with Crippen LogP contribution in [0, 0.1) is 5.41 Å². The van der Waals surface area contributed by atoms with E-state index < -0.39 is 0 Å². The van der Waals surface area contributed by atoms with E-state index >= 15 is 0 Å². The van der Waals surface area contributed by atoms with Gasteiger partial charge >= 0.3 is 0 Å². The highest BCUT2D eigenvalue weighted by Gasteiger charge is 2.35. The SMILES string of the molecule is COCC1(CN(Cc2ccccc2)Cc2ccccc2)CCNC1. The van der Waals surface area contributed by atoms with Gasteiger partial charge in [0.1, 0.15) is 0 Å². The van der Waals surface area contributed by atoms with Crippen LogP contribution < -0.4 is 5.32 Å². The topological polar surface area (TPSA) is 24.5 Å². The fraction of sp³-hybridized carbons (Fsp3) is 0.429. The molecule has 1 fully saturated rings. The number of ether oxygens (including phenoxy) is 1. The second-order valence-corrected chi connectivity index (χ2v) is 6.98. The normalized spacial score (nSPS) is 20.6. The standard InChI is InChI=1S/C21H28N2O/c1-24-18-21(12-13-22-16-21)17-23(14-19-8-4-2-5-9-19)15-20-10-6-3-7-11-20/h2-11,22H,12-18H2,1H3. The second kappa shape index (κ2) is 8.43. The lowest BCUT2D eigenvalue weighted by molar-refractivity contribution is 0.0529.